The van der Waals surface area contributed by atoms with Crippen molar-refractivity contribution in [3.8, 4) is 0 Å². The Bertz CT molecular complexity index is 605. The van der Waals surface area contributed by atoms with Gasteiger partial charge in [0.25, 0.3) is 0 Å². The molecular formula is C11H13N5S2. The number of aromatic nitrogens is 3. The predicted molar refractivity (Wildman–Crippen MR) is 73.5 cm³/mol. The molecule has 0 saturated carbocycles. The average Bonchev–Trinajstić information content (AvgIpc) is 2.62. The number of nitrogens with two attached hydrogens (primary N) is 1. The Labute approximate surface area is 114 Å². The van der Waals surface area contributed by atoms with Gasteiger partial charge < -0.3 is 5.73 Å². The number of aryl methyl sites for hydroxylation is 3. The van der Waals surface area contributed by atoms with Gasteiger partial charge in [0, 0.05) is 5.69 Å². The number of hydrogen-bond acceptors (Lipinski definition) is 6. The van der Waals surface area contributed by atoms with Crippen molar-refractivity contribution in [1.82, 2.24) is 14.3 Å². The van der Waals surface area contributed by atoms with Crippen LogP contribution in [0.25, 0.3) is 0 Å². The molecule has 2 heterocycles. The van der Waals surface area contributed by atoms with Gasteiger partial charge in [-0.2, -0.15) is 4.37 Å². The highest BCUT2D eigenvalue weighted by Gasteiger charge is 2.14. The van der Waals surface area contributed by atoms with Crippen LogP contribution in [0.1, 0.15) is 22.6 Å². The van der Waals surface area contributed by atoms with E-state index in [4.69, 9.17) is 11.1 Å². The molecule has 0 spiro atoms. The summed E-state index contributed by atoms with van der Waals surface area (Å²) in [6, 6.07) is 1.92. The van der Waals surface area contributed by atoms with Crippen molar-refractivity contribution in [2.45, 2.75) is 30.1 Å². The van der Waals surface area contributed by atoms with Crippen molar-refractivity contribution in [1.29, 1.82) is 5.41 Å². The van der Waals surface area contributed by atoms with Gasteiger partial charge in [0.15, 0.2) is 4.34 Å². The first-order valence-corrected chi connectivity index (χ1v) is 6.87. The van der Waals surface area contributed by atoms with Gasteiger partial charge in [0.2, 0.25) is 0 Å². The van der Waals surface area contributed by atoms with E-state index in [1.54, 1.807) is 0 Å². The van der Waals surface area contributed by atoms with Crippen LogP contribution in [0.2, 0.25) is 0 Å². The molecule has 7 heteroatoms. The Morgan fingerprint density at radius 2 is 2.06 bits per heavy atom. The maximum absolute atomic E-state index is 7.65. The van der Waals surface area contributed by atoms with Gasteiger partial charge >= 0.3 is 0 Å². The number of nitrogens with one attached hydrogen (secondary N) is 1. The molecule has 5 nitrogen and oxygen atoms in total. The molecule has 0 aliphatic rings. The average molecular weight is 279 g/mol. The lowest BCUT2D eigenvalue weighted by atomic mass is 10.1. The molecule has 0 saturated heterocycles. The van der Waals surface area contributed by atoms with E-state index in [0.717, 1.165) is 26.4 Å². The van der Waals surface area contributed by atoms with Crippen LogP contribution in [-0.2, 0) is 0 Å². The van der Waals surface area contributed by atoms with Crippen molar-refractivity contribution in [2.75, 3.05) is 0 Å². The van der Waals surface area contributed by atoms with Crippen LogP contribution >= 0.6 is 23.3 Å². The van der Waals surface area contributed by atoms with Crippen molar-refractivity contribution in [2.24, 2.45) is 5.73 Å². The maximum Gasteiger partial charge on any atom is 0.176 e. The van der Waals surface area contributed by atoms with E-state index in [1.165, 1.54) is 23.3 Å². The second-order valence-electron chi connectivity index (χ2n) is 3.88. The van der Waals surface area contributed by atoms with Gasteiger partial charge in [-0.25, -0.2) is 9.97 Å². The molecule has 0 bridgehead atoms. The van der Waals surface area contributed by atoms with Crippen LogP contribution in [0.5, 0.6) is 0 Å². The van der Waals surface area contributed by atoms with Crippen LogP contribution in [0.4, 0.5) is 0 Å². The zero-order valence-corrected chi connectivity index (χ0v) is 11.9. The van der Waals surface area contributed by atoms with Gasteiger partial charge in [-0.05, 0) is 55.7 Å². The molecule has 0 amide bonds. The van der Waals surface area contributed by atoms with Crippen molar-refractivity contribution in [3.05, 3.63) is 28.7 Å². The van der Waals surface area contributed by atoms with E-state index in [0.29, 0.717) is 5.56 Å². The smallest absolute Gasteiger partial charge is 0.176 e. The number of amidine groups is 1. The topological polar surface area (TPSA) is 88.5 Å². The Hall–Kier alpha value is -1.47. The summed E-state index contributed by atoms with van der Waals surface area (Å²) >= 11 is 2.73. The van der Waals surface area contributed by atoms with Gasteiger partial charge in [-0.1, -0.05) is 0 Å². The lowest BCUT2D eigenvalue weighted by Gasteiger charge is -2.09. The van der Waals surface area contributed by atoms with Crippen molar-refractivity contribution in [3.63, 3.8) is 0 Å². The minimum Gasteiger partial charge on any atom is -0.384 e. The molecule has 3 N–H and O–H groups in total. The summed E-state index contributed by atoms with van der Waals surface area (Å²) in [6.45, 7) is 5.70. The van der Waals surface area contributed by atoms with E-state index in [-0.39, 0.29) is 5.84 Å². The van der Waals surface area contributed by atoms with Crippen molar-refractivity contribution >= 4 is 29.1 Å². The van der Waals surface area contributed by atoms with Crippen LogP contribution in [0.3, 0.4) is 0 Å². The van der Waals surface area contributed by atoms with E-state index in [1.807, 2.05) is 26.8 Å². The molecule has 0 fully saturated rings. The molecular weight excluding hydrogens is 266 g/mol. The molecule has 18 heavy (non-hydrogen) atoms. The number of nitrogens with zero attached hydrogens (tertiary/aromatic N) is 3. The first-order chi connectivity index (χ1) is 8.47. The Morgan fingerprint density at radius 3 is 2.61 bits per heavy atom. The first-order valence-electron chi connectivity index (χ1n) is 5.28. The quantitative estimate of drug-likeness (QED) is 0.664. The molecule has 2 rings (SSSR count). The minimum atomic E-state index is 0.0312. The van der Waals surface area contributed by atoms with Crippen LogP contribution in [0.15, 0.2) is 15.4 Å². The van der Waals surface area contributed by atoms with Gasteiger partial charge in [-0.3, -0.25) is 5.41 Å². The fourth-order valence-corrected chi connectivity index (χ4v) is 3.43. The largest absolute Gasteiger partial charge is 0.384 e. The summed E-state index contributed by atoms with van der Waals surface area (Å²) in [5, 5.41) is 8.37. The molecule has 0 unspecified atom stereocenters. The highest BCUT2D eigenvalue weighted by molar-refractivity contribution is 8.01. The zero-order valence-electron chi connectivity index (χ0n) is 10.3. The Balaban J connectivity index is 2.45. The number of hydrogen-bond donors (Lipinski definition) is 2. The van der Waals surface area contributed by atoms with E-state index < -0.39 is 0 Å². The summed E-state index contributed by atoms with van der Waals surface area (Å²) in [4.78, 5) is 8.73. The zero-order chi connectivity index (χ0) is 13.3. The highest BCUT2D eigenvalue weighted by atomic mass is 32.2. The van der Waals surface area contributed by atoms with Crippen molar-refractivity contribution < 1.29 is 0 Å². The normalized spacial score (nSPS) is 10.6. The second-order valence-corrected chi connectivity index (χ2v) is 5.87. The Kier molecular flexibility index (Phi) is 3.63. The molecule has 0 aromatic carbocycles. The van der Waals surface area contributed by atoms with Crippen LogP contribution in [0, 0.1) is 26.2 Å². The summed E-state index contributed by atoms with van der Waals surface area (Å²) in [6.07, 6.45) is 0. The highest BCUT2D eigenvalue weighted by Crippen LogP contribution is 2.31. The molecule has 0 aliphatic carbocycles. The third kappa shape index (κ3) is 2.68. The SMILES string of the molecule is Cc1cc(C)c(C(=N)N)c(Sc2nc(C)ns2)n1. The lowest BCUT2D eigenvalue weighted by molar-refractivity contribution is 1.02. The van der Waals surface area contributed by atoms with Gasteiger partial charge in [-0.15, -0.1) is 0 Å². The second kappa shape index (κ2) is 5.03. The summed E-state index contributed by atoms with van der Waals surface area (Å²) in [5.41, 5.74) is 8.16. The molecule has 0 radical (unpaired) electrons. The van der Waals surface area contributed by atoms with Gasteiger partial charge in [0.1, 0.15) is 16.7 Å². The monoisotopic (exact) mass is 279 g/mol. The molecule has 2 aromatic rings. The molecule has 94 valence electrons. The third-order valence-corrected chi connectivity index (χ3v) is 4.11. The molecule has 0 atom stereocenters. The molecule has 2 aromatic heterocycles. The predicted octanol–water partition coefficient (Wildman–Crippen LogP) is 2.29. The maximum atomic E-state index is 7.65. The fraction of sp³-hybridized carbons (Fsp3) is 0.273. The number of pyridine rings is 1. The minimum absolute atomic E-state index is 0.0312. The van der Waals surface area contributed by atoms with E-state index in [2.05, 4.69) is 14.3 Å². The molecule has 0 aliphatic heterocycles. The lowest BCUT2D eigenvalue weighted by Crippen LogP contribution is -2.15. The standard InChI is InChI=1S/C11H13N5S2/c1-5-4-6(2)14-10(8(5)9(12)13)17-11-15-7(3)16-18-11/h4H,1-3H3,(H3,12,13). The van der Waals surface area contributed by atoms with Crippen LogP contribution in [-0.4, -0.2) is 20.2 Å². The summed E-state index contributed by atoms with van der Waals surface area (Å²) < 4.78 is 4.94. The summed E-state index contributed by atoms with van der Waals surface area (Å²) in [7, 11) is 0. The number of nitrogen functional groups attached to an aromatic ring is 1. The third-order valence-electron chi connectivity index (χ3n) is 2.27. The first kappa shape index (κ1) is 13.0. The summed E-state index contributed by atoms with van der Waals surface area (Å²) in [5.74, 6) is 0.778. The fourth-order valence-electron chi connectivity index (χ4n) is 1.61. The van der Waals surface area contributed by atoms with E-state index in [9.17, 15) is 0 Å². The van der Waals surface area contributed by atoms with Gasteiger partial charge in [0.05, 0.1) is 5.56 Å². The van der Waals surface area contributed by atoms with Crippen LogP contribution < -0.4 is 5.73 Å². The van der Waals surface area contributed by atoms with E-state index >= 15 is 0 Å². The number of rotatable bonds is 3. The Morgan fingerprint density at radius 1 is 1.33 bits per heavy atom.